The number of amidine groups is 1. The van der Waals surface area contributed by atoms with Crippen LogP contribution in [0.2, 0.25) is 0 Å². The summed E-state index contributed by atoms with van der Waals surface area (Å²) in [6, 6.07) is 0. The summed E-state index contributed by atoms with van der Waals surface area (Å²) in [5.74, 6) is 1.09. The van der Waals surface area contributed by atoms with Crippen LogP contribution < -0.4 is 0 Å². The molecule has 3 rings (SSSR count). The summed E-state index contributed by atoms with van der Waals surface area (Å²) in [7, 11) is 0. The van der Waals surface area contributed by atoms with Crippen LogP contribution in [0.25, 0.3) is 0 Å². The first kappa shape index (κ1) is 9.73. The largest absolute Gasteiger partial charge is 0.230 e. The summed E-state index contributed by atoms with van der Waals surface area (Å²) >= 11 is 7.22. The van der Waals surface area contributed by atoms with Crippen LogP contribution in [0, 0.1) is 5.92 Å². The number of aliphatic imine (C=N–C) groups is 2. The Bertz CT molecular complexity index is 432. The van der Waals surface area contributed by atoms with E-state index in [-0.39, 0.29) is 5.92 Å². The zero-order valence-corrected chi connectivity index (χ0v) is 10.2. The molecule has 3 aliphatic rings. The smallest absolute Gasteiger partial charge is 0.127 e. The molecule has 0 aromatic carbocycles. The predicted octanol–water partition coefficient (Wildman–Crippen LogP) is 3.34. The van der Waals surface area contributed by atoms with Crippen molar-refractivity contribution in [1.29, 1.82) is 0 Å². The number of fused-ring (bicyclic) bond motifs is 2. The molecule has 0 spiro atoms. The highest BCUT2D eigenvalue weighted by molar-refractivity contribution is 8.17. The lowest BCUT2D eigenvalue weighted by atomic mass is 9.89. The normalized spacial score (nSPS) is 29.7. The van der Waals surface area contributed by atoms with Crippen LogP contribution in [0.1, 0.15) is 32.6 Å². The molecule has 0 fully saturated rings. The van der Waals surface area contributed by atoms with Gasteiger partial charge in [-0.05, 0) is 43.1 Å². The number of nitrogens with zero attached hydrogens (tertiary/aromatic N) is 2. The molecule has 0 aromatic heterocycles. The van der Waals surface area contributed by atoms with E-state index in [9.17, 15) is 0 Å². The minimum absolute atomic E-state index is 0.268. The number of allylic oxidation sites excluding steroid dienone is 1. The molecule has 15 heavy (non-hydrogen) atoms. The Balaban J connectivity index is 2.03. The highest BCUT2D eigenvalue weighted by Crippen LogP contribution is 2.47. The van der Waals surface area contributed by atoms with Gasteiger partial charge in [0.15, 0.2) is 0 Å². The zero-order valence-electron chi connectivity index (χ0n) is 8.62. The van der Waals surface area contributed by atoms with Gasteiger partial charge in [0.1, 0.15) is 10.8 Å². The molecule has 4 heteroatoms. The van der Waals surface area contributed by atoms with E-state index < -0.39 is 0 Å². The molecule has 0 aromatic rings. The van der Waals surface area contributed by atoms with Gasteiger partial charge in [-0.25, -0.2) is 9.98 Å². The molecule has 1 unspecified atom stereocenters. The second kappa shape index (κ2) is 3.52. The first-order valence-corrected chi connectivity index (χ1v) is 6.55. The zero-order chi connectivity index (χ0) is 10.4. The van der Waals surface area contributed by atoms with Gasteiger partial charge in [-0.1, -0.05) is 24.0 Å². The summed E-state index contributed by atoms with van der Waals surface area (Å²) in [4.78, 5) is 11.2. The van der Waals surface area contributed by atoms with Crippen molar-refractivity contribution in [3.05, 3.63) is 10.5 Å². The molecule has 0 saturated carbocycles. The van der Waals surface area contributed by atoms with Gasteiger partial charge in [0.25, 0.3) is 0 Å². The van der Waals surface area contributed by atoms with Crippen LogP contribution in [0.4, 0.5) is 0 Å². The molecule has 0 radical (unpaired) electrons. The third-order valence-electron chi connectivity index (χ3n) is 3.07. The topological polar surface area (TPSA) is 24.7 Å². The number of thioether (sulfide) groups is 1. The second-order valence-corrected chi connectivity index (χ2v) is 5.67. The van der Waals surface area contributed by atoms with Gasteiger partial charge in [0, 0.05) is 0 Å². The summed E-state index contributed by atoms with van der Waals surface area (Å²) in [6.45, 7) is 1.92. The van der Waals surface area contributed by atoms with Crippen LogP contribution in [0.15, 0.2) is 20.5 Å². The molecule has 0 bridgehead atoms. The molecule has 1 aliphatic carbocycles. The molecule has 0 N–H and O–H groups in total. The van der Waals surface area contributed by atoms with Gasteiger partial charge < -0.3 is 0 Å². The Kier molecular flexibility index (Phi) is 2.29. The molecule has 2 heterocycles. The average molecular weight is 236 g/mol. The van der Waals surface area contributed by atoms with Gasteiger partial charge >= 0.3 is 0 Å². The van der Waals surface area contributed by atoms with E-state index in [4.69, 9.17) is 12.2 Å². The standard InChI is InChI=1S/C11H12N2S2/c1-6-12-10(14)9-7-4-2-3-5-8(7)15-11(9)13-6/h9H,2-5H2,1H3. The number of hydrogen-bond acceptors (Lipinski definition) is 3. The number of hydrogen-bond donors (Lipinski definition) is 0. The first-order chi connectivity index (χ1) is 7.25. The Labute approximate surface area is 99.0 Å². The number of thiocarbonyl (C=S) groups is 1. The Hall–Kier alpha value is -0.480. The van der Waals surface area contributed by atoms with Crippen LogP contribution in [-0.4, -0.2) is 15.9 Å². The van der Waals surface area contributed by atoms with Crippen LogP contribution >= 0.6 is 24.0 Å². The van der Waals surface area contributed by atoms with E-state index in [1.807, 2.05) is 18.7 Å². The molecule has 2 aliphatic heterocycles. The fraction of sp³-hybridized carbons (Fsp3) is 0.545. The van der Waals surface area contributed by atoms with Crippen molar-refractivity contribution in [2.75, 3.05) is 0 Å². The summed E-state index contributed by atoms with van der Waals surface area (Å²) < 4.78 is 0. The minimum Gasteiger partial charge on any atom is -0.230 e. The van der Waals surface area contributed by atoms with Crippen molar-refractivity contribution in [3.8, 4) is 0 Å². The summed E-state index contributed by atoms with van der Waals surface area (Å²) in [5, 5.41) is 1.18. The van der Waals surface area contributed by atoms with Crippen molar-refractivity contribution in [2.45, 2.75) is 32.6 Å². The van der Waals surface area contributed by atoms with Crippen LogP contribution in [-0.2, 0) is 0 Å². The molecule has 0 saturated heterocycles. The predicted molar refractivity (Wildman–Crippen MR) is 69.7 cm³/mol. The highest BCUT2D eigenvalue weighted by atomic mass is 32.2. The molecule has 2 nitrogen and oxygen atoms in total. The van der Waals surface area contributed by atoms with Gasteiger partial charge in [-0.15, -0.1) is 0 Å². The van der Waals surface area contributed by atoms with Crippen molar-refractivity contribution in [2.24, 2.45) is 15.9 Å². The summed E-state index contributed by atoms with van der Waals surface area (Å²) in [6.07, 6.45) is 5.03. The van der Waals surface area contributed by atoms with Crippen molar-refractivity contribution in [1.82, 2.24) is 0 Å². The average Bonchev–Trinajstić information content (AvgIpc) is 2.54. The Morgan fingerprint density at radius 1 is 1.27 bits per heavy atom. The van der Waals surface area contributed by atoms with Gasteiger partial charge in [-0.3, -0.25) is 0 Å². The number of rotatable bonds is 0. The Morgan fingerprint density at radius 2 is 2.07 bits per heavy atom. The minimum atomic E-state index is 0.268. The van der Waals surface area contributed by atoms with Crippen molar-refractivity contribution >= 4 is 39.8 Å². The fourth-order valence-corrected chi connectivity index (χ4v) is 4.27. The lowest BCUT2D eigenvalue weighted by Crippen LogP contribution is -2.23. The fourth-order valence-electron chi connectivity index (χ4n) is 2.41. The maximum absolute atomic E-state index is 5.37. The maximum Gasteiger partial charge on any atom is 0.127 e. The molecule has 78 valence electrons. The maximum atomic E-state index is 5.37. The van der Waals surface area contributed by atoms with E-state index in [0.29, 0.717) is 0 Å². The third kappa shape index (κ3) is 1.51. The lowest BCUT2D eigenvalue weighted by molar-refractivity contribution is 0.678. The first-order valence-electron chi connectivity index (χ1n) is 5.33. The van der Waals surface area contributed by atoms with Gasteiger partial charge in [0.2, 0.25) is 0 Å². The SMILES string of the molecule is CC1=NC(=S)C2C(=N1)SC1=C2CCCC1. The van der Waals surface area contributed by atoms with E-state index in [1.54, 1.807) is 0 Å². The molecular weight excluding hydrogens is 224 g/mol. The monoisotopic (exact) mass is 236 g/mol. The second-order valence-electron chi connectivity index (χ2n) is 4.14. The van der Waals surface area contributed by atoms with Crippen molar-refractivity contribution in [3.63, 3.8) is 0 Å². The van der Waals surface area contributed by atoms with Gasteiger partial charge in [-0.2, -0.15) is 0 Å². The third-order valence-corrected chi connectivity index (χ3v) is 4.65. The molecule has 0 amide bonds. The van der Waals surface area contributed by atoms with Crippen LogP contribution in [0.5, 0.6) is 0 Å². The van der Waals surface area contributed by atoms with Crippen LogP contribution in [0.3, 0.4) is 0 Å². The summed E-state index contributed by atoms with van der Waals surface area (Å²) in [5.41, 5.74) is 1.52. The highest BCUT2D eigenvalue weighted by Gasteiger charge is 2.37. The Morgan fingerprint density at radius 3 is 2.93 bits per heavy atom. The van der Waals surface area contributed by atoms with E-state index in [0.717, 1.165) is 10.8 Å². The lowest BCUT2D eigenvalue weighted by Gasteiger charge is -2.19. The molecular formula is C11H12N2S2. The van der Waals surface area contributed by atoms with E-state index in [2.05, 4.69) is 9.98 Å². The van der Waals surface area contributed by atoms with Gasteiger partial charge in [0.05, 0.1) is 11.0 Å². The quantitative estimate of drug-likeness (QED) is 0.603. The van der Waals surface area contributed by atoms with E-state index in [1.165, 1.54) is 41.2 Å². The van der Waals surface area contributed by atoms with E-state index >= 15 is 0 Å². The molecule has 1 atom stereocenters. The van der Waals surface area contributed by atoms with Crippen molar-refractivity contribution < 1.29 is 0 Å².